The van der Waals surface area contributed by atoms with Gasteiger partial charge in [-0.1, -0.05) is 36.4 Å². The van der Waals surface area contributed by atoms with Crippen LogP contribution in [0.1, 0.15) is 40.4 Å². The number of hydrogen-bond acceptors (Lipinski definition) is 4. The Balaban J connectivity index is 1.24. The van der Waals surface area contributed by atoms with Crippen LogP contribution in [0.2, 0.25) is 0 Å². The van der Waals surface area contributed by atoms with E-state index in [2.05, 4.69) is 46.6 Å². The summed E-state index contributed by atoms with van der Waals surface area (Å²) in [6.45, 7) is 5.10. The Kier molecular flexibility index (Phi) is 7.51. The fourth-order valence-electron chi connectivity index (χ4n) is 4.29. The highest BCUT2D eigenvalue weighted by Crippen LogP contribution is 2.29. The summed E-state index contributed by atoms with van der Waals surface area (Å²) in [5.41, 5.74) is 5.81. The maximum atomic E-state index is 12.5. The van der Waals surface area contributed by atoms with Crippen molar-refractivity contribution in [3.05, 3.63) is 89.0 Å². The fourth-order valence-corrected chi connectivity index (χ4v) is 4.29. The molecule has 33 heavy (non-hydrogen) atoms. The molecule has 0 aliphatic carbocycles. The van der Waals surface area contributed by atoms with Crippen LogP contribution in [0.15, 0.2) is 66.7 Å². The smallest absolute Gasteiger partial charge is 0.251 e. The fraction of sp³-hybridized carbons (Fsp3) is 0.321. The topological polar surface area (TPSA) is 50.8 Å². The molecule has 1 amide bonds. The van der Waals surface area contributed by atoms with E-state index < -0.39 is 0 Å². The summed E-state index contributed by atoms with van der Waals surface area (Å²) in [5, 5.41) is 3.03. The van der Waals surface area contributed by atoms with Crippen molar-refractivity contribution in [2.45, 2.75) is 32.7 Å². The third-order valence-electron chi connectivity index (χ3n) is 6.03. The minimum atomic E-state index is -0.0302. The van der Waals surface area contributed by atoms with Crippen LogP contribution < -0.4 is 19.7 Å². The summed E-state index contributed by atoms with van der Waals surface area (Å²) in [6, 6.07) is 22.5. The highest BCUT2D eigenvalue weighted by molar-refractivity contribution is 5.94. The second kappa shape index (κ2) is 10.9. The van der Waals surface area contributed by atoms with Crippen molar-refractivity contribution in [3.8, 4) is 11.5 Å². The van der Waals surface area contributed by atoms with Gasteiger partial charge in [-0.2, -0.15) is 0 Å². The first-order chi connectivity index (χ1) is 16.2. The largest absolute Gasteiger partial charge is 0.493 e. The number of para-hydroxylation sites is 1. The second-order valence-corrected chi connectivity index (χ2v) is 8.27. The lowest BCUT2D eigenvalue weighted by Gasteiger charge is -2.19. The van der Waals surface area contributed by atoms with Gasteiger partial charge in [0.2, 0.25) is 0 Å². The predicted molar refractivity (Wildman–Crippen MR) is 132 cm³/mol. The van der Waals surface area contributed by atoms with Gasteiger partial charge in [-0.15, -0.1) is 0 Å². The van der Waals surface area contributed by atoms with Crippen LogP contribution in [0.25, 0.3) is 0 Å². The van der Waals surface area contributed by atoms with E-state index in [0.717, 1.165) is 49.4 Å². The summed E-state index contributed by atoms with van der Waals surface area (Å²) in [5.74, 6) is 1.47. The number of nitrogens with one attached hydrogen (secondary N) is 1. The summed E-state index contributed by atoms with van der Waals surface area (Å²) >= 11 is 0. The van der Waals surface area contributed by atoms with Gasteiger partial charge in [0.1, 0.15) is 0 Å². The monoisotopic (exact) mass is 444 g/mol. The number of anilines is 1. The van der Waals surface area contributed by atoms with Gasteiger partial charge in [0.15, 0.2) is 11.5 Å². The van der Waals surface area contributed by atoms with Crippen LogP contribution in [0.4, 0.5) is 5.69 Å². The number of rotatable bonds is 10. The minimum Gasteiger partial charge on any atom is -0.493 e. The minimum absolute atomic E-state index is 0.0302. The van der Waals surface area contributed by atoms with Crippen molar-refractivity contribution in [1.82, 2.24) is 5.32 Å². The molecule has 3 aromatic rings. The van der Waals surface area contributed by atoms with E-state index >= 15 is 0 Å². The van der Waals surface area contributed by atoms with Crippen molar-refractivity contribution in [1.29, 1.82) is 0 Å². The molecule has 0 radical (unpaired) electrons. The van der Waals surface area contributed by atoms with E-state index in [1.807, 2.05) is 37.3 Å². The van der Waals surface area contributed by atoms with Gasteiger partial charge in [-0.25, -0.2) is 0 Å². The summed E-state index contributed by atoms with van der Waals surface area (Å²) < 4.78 is 11.0. The SMILES string of the molecule is CCOc1ccc(CCCNC(=O)c2ccc(CN3CCc4ccccc43)cc2)cc1OC. The first-order valence-corrected chi connectivity index (χ1v) is 11.7. The lowest BCUT2D eigenvalue weighted by atomic mass is 10.1. The van der Waals surface area contributed by atoms with Crippen LogP contribution in [0.3, 0.4) is 0 Å². The number of fused-ring (bicyclic) bond motifs is 1. The molecule has 0 saturated heterocycles. The molecule has 5 nitrogen and oxygen atoms in total. The molecule has 0 fully saturated rings. The molecule has 5 heteroatoms. The first-order valence-electron chi connectivity index (χ1n) is 11.7. The molecule has 4 rings (SSSR count). The summed E-state index contributed by atoms with van der Waals surface area (Å²) in [6.07, 6.45) is 2.81. The molecule has 0 bridgehead atoms. The van der Waals surface area contributed by atoms with Gasteiger partial charge in [0, 0.05) is 30.9 Å². The third kappa shape index (κ3) is 5.67. The molecule has 0 aromatic heterocycles. The molecule has 3 aromatic carbocycles. The molecule has 0 unspecified atom stereocenters. The number of hydrogen-bond donors (Lipinski definition) is 1. The standard InChI is InChI=1S/C28H32N2O3/c1-3-33-26-15-12-21(19-27(26)32-2)7-6-17-29-28(31)24-13-10-22(11-14-24)20-30-18-16-23-8-4-5-9-25(23)30/h4-5,8-15,19H,3,6-7,16-18,20H2,1-2H3,(H,29,31). The van der Waals surface area contributed by atoms with E-state index in [1.54, 1.807) is 7.11 Å². The highest BCUT2D eigenvalue weighted by Gasteiger charge is 2.18. The van der Waals surface area contributed by atoms with Crippen LogP contribution >= 0.6 is 0 Å². The predicted octanol–water partition coefficient (Wildman–Crippen LogP) is 5.02. The Labute approximate surface area is 196 Å². The van der Waals surface area contributed by atoms with E-state index in [0.29, 0.717) is 18.7 Å². The van der Waals surface area contributed by atoms with Gasteiger partial charge in [-0.3, -0.25) is 4.79 Å². The molecular weight excluding hydrogens is 412 g/mol. The maximum absolute atomic E-state index is 12.5. The van der Waals surface area contributed by atoms with Crippen molar-refractivity contribution in [2.75, 3.05) is 31.7 Å². The average molecular weight is 445 g/mol. The van der Waals surface area contributed by atoms with E-state index in [-0.39, 0.29) is 5.91 Å². The number of benzene rings is 3. The van der Waals surface area contributed by atoms with Crippen molar-refractivity contribution < 1.29 is 14.3 Å². The van der Waals surface area contributed by atoms with Gasteiger partial charge in [0.05, 0.1) is 13.7 Å². The zero-order valence-electron chi connectivity index (χ0n) is 19.5. The van der Waals surface area contributed by atoms with Gasteiger partial charge >= 0.3 is 0 Å². The Morgan fingerprint density at radius 1 is 1.00 bits per heavy atom. The molecule has 0 spiro atoms. The molecular formula is C28H32N2O3. The van der Waals surface area contributed by atoms with E-state index in [1.165, 1.54) is 16.8 Å². The molecule has 1 aliphatic heterocycles. The Morgan fingerprint density at radius 2 is 1.79 bits per heavy atom. The number of amides is 1. The number of carbonyl (C=O) groups excluding carboxylic acids is 1. The lowest BCUT2D eigenvalue weighted by molar-refractivity contribution is 0.0953. The molecule has 1 aliphatic rings. The Hall–Kier alpha value is -3.47. The number of methoxy groups -OCH3 is 1. The number of carbonyl (C=O) groups is 1. The van der Waals surface area contributed by atoms with Crippen molar-refractivity contribution in [2.24, 2.45) is 0 Å². The maximum Gasteiger partial charge on any atom is 0.251 e. The molecule has 0 saturated carbocycles. The zero-order valence-corrected chi connectivity index (χ0v) is 19.5. The third-order valence-corrected chi connectivity index (χ3v) is 6.03. The quantitative estimate of drug-likeness (QED) is 0.446. The van der Waals surface area contributed by atoms with E-state index in [9.17, 15) is 4.79 Å². The molecule has 0 atom stereocenters. The zero-order chi connectivity index (χ0) is 23.0. The van der Waals surface area contributed by atoms with E-state index in [4.69, 9.17) is 9.47 Å². The average Bonchev–Trinajstić information content (AvgIpc) is 3.26. The second-order valence-electron chi connectivity index (χ2n) is 8.27. The van der Waals surface area contributed by atoms with Crippen LogP contribution in [-0.4, -0.2) is 32.7 Å². The Morgan fingerprint density at radius 3 is 2.58 bits per heavy atom. The number of nitrogens with zero attached hydrogens (tertiary/aromatic N) is 1. The normalized spacial score (nSPS) is 12.4. The van der Waals surface area contributed by atoms with Gasteiger partial charge < -0.3 is 19.7 Å². The molecule has 172 valence electrons. The molecule has 1 heterocycles. The van der Waals surface area contributed by atoms with Crippen molar-refractivity contribution in [3.63, 3.8) is 0 Å². The lowest BCUT2D eigenvalue weighted by Crippen LogP contribution is -2.25. The van der Waals surface area contributed by atoms with Gasteiger partial charge in [0.25, 0.3) is 5.91 Å². The summed E-state index contributed by atoms with van der Waals surface area (Å²) in [4.78, 5) is 14.9. The summed E-state index contributed by atoms with van der Waals surface area (Å²) in [7, 11) is 1.65. The van der Waals surface area contributed by atoms with Crippen LogP contribution in [0.5, 0.6) is 11.5 Å². The number of aryl methyl sites for hydroxylation is 1. The van der Waals surface area contributed by atoms with Gasteiger partial charge in [-0.05, 0) is 73.2 Å². The highest BCUT2D eigenvalue weighted by atomic mass is 16.5. The Bertz CT molecular complexity index is 1080. The molecule has 1 N–H and O–H groups in total. The van der Waals surface area contributed by atoms with Crippen LogP contribution in [0, 0.1) is 0 Å². The number of ether oxygens (including phenoxy) is 2. The van der Waals surface area contributed by atoms with Crippen molar-refractivity contribution >= 4 is 11.6 Å². The first kappa shape index (κ1) is 22.7. The van der Waals surface area contributed by atoms with Crippen LogP contribution in [-0.2, 0) is 19.4 Å².